The Labute approximate surface area is 79.6 Å². The first-order chi connectivity index (χ1) is 6.40. The summed E-state index contributed by atoms with van der Waals surface area (Å²) >= 11 is 1.64. The van der Waals surface area contributed by atoms with Gasteiger partial charge in [-0.05, 0) is 17.5 Å². The Morgan fingerprint density at radius 2 is 2.46 bits per heavy atom. The minimum absolute atomic E-state index is 0.325. The molecule has 0 aromatic carbocycles. The molecule has 4 heteroatoms. The van der Waals surface area contributed by atoms with E-state index >= 15 is 0 Å². The lowest BCUT2D eigenvalue weighted by atomic mass is 10.3. The van der Waals surface area contributed by atoms with Crippen molar-refractivity contribution < 1.29 is 4.79 Å². The van der Waals surface area contributed by atoms with Crippen LogP contribution < -0.4 is 0 Å². The molecule has 0 amide bonds. The fraction of sp³-hybridized carbons (Fsp3) is 0.111. The second-order valence-electron chi connectivity index (χ2n) is 2.57. The molecule has 0 fully saturated rings. The zero-order chi connectivity index (χ0) is 9.10. The number of hydrogen-bond donors (Lipinski definition) is 0. The average Bonchev–Trinajstić information content (AvgIpc) is 2.70. The van der Waals surface area contributed by atoms with Gasteiger partial charge in [0.2, 0.25) is 0 Å². The summed E-state index contributed by atoms with van der Waals surface area (Å²) in [5.74, 6) is 0. The minimum Gasteiger partial charge on any atom is -0.301 e. The van der Waals surface area contributed by atoms with Gasteiger partial charge in [-0.25, -0.2) is 0 Å². The third kappa shape index (κ3) is 1.67. The maximum absolute atomic E-state index is 10.2. The van der Waals surface area contributed by atoms with Crippen LogP contribution in [0.3, 0.4) is 0 Å². The summed E-state index contributed by atoms with van der Waals surface area (Å²) < 4.78 is 1.63. The predicted octanol–water partition coefficient (Wildman–Crippen LogP) is 1.81. The summed E-state index contributed by atoms with van der Waals surface area (Å²) in [6.07, 6.45) is 2.65. The van der Waals surface area contributed by atoms with Crippen LogP contribution in [0.25, 0.3) is 10.6 Å². The number of rotatable bonds is 3. The van der Waals surface area contributed by atoms with Crippen molar-refractivity contribution >= 4 is 17.6 Å². The molecule has 0 spiro atoms. The lowest BCUT2D eigenvalue weighted by molar-refractivity contribution is -0.108. The highest BCUT2D eigenvalue weighted by Gasteiger charge is 2.01. The molecule has 2 rings (SSSR count). The molecule has 0 saturated carbocycles. The van der Waals surface area contributed by atoms with Crippen molar-refractivity contribution in [2.75, 3.05) is 0 Å². The molecule has 0 atom stereocenters. The van der Waals surface area contributed by atoms with E-state index in [1.165, 1.54) is 0 Å². The first-order valence-corrected chi connectivity index (χ1v) is 4.79. The highest BCUT2D eigenvalue weighted by molar-refractivity contribution is 7.13. The highest BCUT2D eigenvalue weighted by Crippen LogP contribution is 2.21. The summed E-state index contributed by atoms with van der Waals surface area (Å²) in [6, 6.07) is 5.91. The Bertz CT molecular complexity index is 391. The zero-order valence-corrected chi connectivity index (χ0v) is 7.70. The fourth-order valence-corrected chi connectivity index (χ4v) is 1.79. The topological polar surface area (TPSA) is 34.9 Å². The maximum Gasteiger partial charge on any atom is 0.141 e. The molecule has 0 N–H and O–H groups in total. The number of aromatic nitrogens is 2. The summed E-state index contributed by atoms with van der Waals surface area (Å²) in [7, 11) is 0. The van der Waals surface area contributed by atoms with Crippen LogP contribution in [0.2, 0.25) is 0 Å². The van der Waals surface area contributed by atoms with Crippen molar-refractivity contribution in [3.63, 3.8) is 0 Å². The van der Waals surface area contributed by atoms with Gasteiger partial charge >= 0.3 is 0 Å². The van der Waals surface area contributed by atoms with Gasteiger partial charge in [0, 0.05) is 6.20 Å². The van der Waals surface area contributed by atoms with Crippen LogP contribution >= 0.6 is 11.3 Å². The van der Waals surface area contributed by atoms with E-state index in [-0.39, 0.29) is 0 Å². The summed E-state index contributed by atoms with van der Waals surface area (Å²) in [5.41, 5.74) is 0.928. The third-order valence-electron chi connectivity index (χ3n) is 1.68. The number of aldehydes is 1. The van der Waals surface area contributed by atoms with Crippen LogP contribution in [0.1, 0.15) is 0 Å². The summed E-state index contributed by atoms with van der Waals surface area (Å²) in [6.45, 7) is 0.325. The van der Waals surface area contributed by atoms with Gasteiger partial charge in [-0.3, -0.25) is 4.68 Å². The fourth-order valence-electron chi connectivity index (χ4n) is 1.10. The van der Waals surface area contributed by atoms with E-state index < -0.39 is 0 Å². The van der Waals surface area contributed by atoms with Gasteiger partial charge in [0.05, 0.1) is 11.4 Å². The number of nitrogens with zero attached hydrogens (tertiary/aromatic N) is 2. The van der Waals surface area contributed by atoms with E-state index in [1.54, 1.807) is 16.0 Å². The number of hydrogen-bond acceptors (Lipinski definition) is 3. The normalized spacial score (nSPS) is 10.2. The molecule has 0 unspecified atom stereocenters. The average molecular weight is 192 g/mol. The molecule has 2 heterocycles. The second kappa shape index (κ2) is 3.53. The van der Waals surface area contributed by atoms with Gasteiger partial charge in [0.25, 0.3) is 0 Å². The largest absolute Gasteiger partial charge is 0.301 e. The zero-order valence-electron chi connectivity index (χ0n) is 6.88. The van der Waals surface area contributed by atoms with Crippen molar-refractivity contribution in [2.45, 2.75) is 6.54 Å². The summed E-state index contributed by atoms with van der Waals surface area (Å²) in [5, 5.41) is 6.25. The lowest BCUT2D eigenvalue weighted by Gasteiger charge is -1.91. The van der Waals surface area contributed by atoms with E-state index in [2.05, 4.69) is 5.10 Å². The summed E-state index contributed by atoms with van der Waals surface area (Å²) in [4.78, 5) is 11.3. The predicted molar refractivity (Wildman–Crippen MR) is 51.6 cm³/mol. The Hall–Kier alpha value is -1.42. The van der Waals surface area contributed by atoms with Gasteiger partial charge in [-0.2, -0.15) is 5.10 Å². The van der Waals surface area contributed by atoms with Gasteiger partial charge in [0.15, 0.2) is 0 Å². The van der Waals surface area contributed by atoms with E-state index in [4.69, 9.17) is 0 Å². The van der Waals surface area contributed by atoms with Crippen molar-refractivity contribution in [3.8, 4) is 10.6 Å². The van der Waals surface area contributed by atoms with Crippen LogP contribution in [0.5, 0.6) is 0 Å². The molecule has 2 aromatic heterocycles. The molecule has 2 aromatic rings. The van der Waals surface area contributed by atoms with Gasteiger partial charge in [0.1, 0.15) is 12.0 Å². The van der Waals surface area contributed by atoms with E-state index in [9.17, 15) is 4.79 Å². The molecule has 0 radical (unpaired) electrons. The number of thiophene rings is 1. The van der Waals surface area contributed by atoms with E-state index in [1.807, 2.05) is 29.8 Å². The molecular weight excluding hydrogens is 184 g/mol. The first-order valence-electron chi connectivity index (χ1n) is 3.91. The minimum atomic E-state index is 0.325. The van der Waals surface area contributed by atoms with Crippen LogP contribution in [0, 0.1) is 0 Å². The molecule has 0 aliphatic rings. The first kappa shape index (κ1) is 8.19. The van der Waals surface area contributed by atoms with Crippen LogP contribution in [0.15, 0.2) is 29.8 Å². The molecule has 13 heavy (non-hydrogen) atoms. The van der Waals surface area contributed by atoms with Gasteiger partial charge < -0.3 is 4.79 Å². The molecule has 3 nitrogen and oxygen atoms in total. The molecule has 66 valence electrons. The van der Waals surface area contributed by atoms with E-state index in [0.29, 0.717) is 6.54 Å². The molecule has 0 aliphatic carbocycles. The molecule has 0 saturated heterocycles. The second-order valence-corrected chi connectivity index (χ2v) is 3.51. The lowest BCUT2D eigenvalue weighted by Crippen LogP contribution is -1.98. The molecule has 0 bridgehead atoms. The Balaban J connectivity index is 2.28. The number of carbonyl (C=O) groups excluding carboxylic acids is 1. The Morgan fingerprint density at radius 3 is 3.15 bits per heavy atom. The Morgan fingerprint density at radius 1 is 1.54 bits per heavy atom. The van der Waals surface area contributed by atoms with Gasteiger partial charge in [-0.1, -0.05) is 6.07 Å². The highest BCUT2D eigenvalue weighted by atomic mass is 32.1. The van der Waals surface area contributed by atoms with Crippen molar-refractivity contribution in [2.24, 2.45) is 0 Å². The van der Waals surface area contributed by atoms with Gasteiger partial charge in [-0.15, -0.1) is 11.3 Å². The quantitative estimate of drug-likeness (QED) is 0.695. The monoisotopic (exact) mass is 192 g/mol. The van der Waals surface area contributed by atoms with Crippen LogP contribution in [0.4, 0.5) is 0 Å². The SMILES string of the molecule is O=CCn1ccc(-c2cccs2)n1. The smallest absolute Gasteiger partial charge is 0.141 e. The third-order valence-corrected chi connectivity index (χ3v) is 2.57. The Kier molecular flexibility index (Phi) is 2.23. The van der Waals surface area contributed by atoms with Crippen molar-refractivity contribution in [1.29, 1.82) is 0 Å². The van der Waals surface area contributed by atoms with Crippen molar-refractivity contribution in [3.05, 3.63) is 29.8 Å². The number of carbonyl (C=O) groups is 1. The van der Waals surface area contributed by atoms with Crippen LogP contribution in [-0.4, -0.2) is 16.1 Å². The standard InChI is InChI=1S/C9H8N2OS/c12-6-5-11-4-3-8(10-11)9-2-1-7-13-9/h1-4,6-7H,5H2. The molecule has 0 aliphatic heterocycles. The van der Waals surface area contributed by atoms with Crippen molar-refractivity contribution in [1.82, 2.24) is 9.78 Å². The van der Waals surface area contributed by atoms with E-state index in [0.717, 1.165) is 16.9 Å². The maximum atomic E-state index is 10.2. The molecular formula is C9H8N2OS. The van der Waals surface area contributed by atoms with Crippen LogP contribution in [-0.2, 0) is 11.3 Å².